The van der Waals surface area contributed by atoms with Crippen molar-refractivity contribution >= 4 is 34.4 Å². The van der Waals surface area contributed by atoms with Gasteiger partial charge in [0.1, 0.15) is 0 Å². The number of carbonyl (C=O) groups is 2. The zero-order valence-corrected chi connectivity index (χ0v) is 14.8. The molecule has 27 heavy (non-hydrogen) atoms. The average Bonchev–Trinajstić information content (AvgIpc) is 2.91. The van der Waals surface area contributed by atoms with Gasteiger partial charge in [-0.15, -0.1) is 0 Å². The van der Waals surface area contributed by atoms with Crippen LogP contribution in [-0.4, -0.2) is 26.8 Å². The summed E-state index contributed by atoms with van der Waals surface area (Å²) in [4.78, 5) is 24.1. The lowest BCUT2D eigenvalue weighted by Crippen LogP contribution is -2.16. The Morgan fingerprint density at radius 1 is 1.15 bits per heavy atom. The maximum absolute atomic E-state index is 13.1. The van der Waals surface area contributed by atoms with Crippen molar-refractivity contribution in [3.63, 3.8) is 0 Å². The molecule has 0 atom stereocenters. The van der Waals surface area contributed by atoms with Gasteiger partial charge in [0.15, 0.2) is 0 Å². The van der Waals surface area contributed by atoms with Crippen molar-refractivity contribution in [1.82, 2.24) is 9.78 Å². The predicted molar refractivity (Wildman–Crippen MR) is 92.3 cm³/mol. The molecule has 3 aromatic rings. The van der Waals surface area contributed by atoms with E-state index in [1.165, 1.54) is 32.0 Å². The smallest absolute Gasteiger partial charge is 0.416 e. The molecule has 0 amide bonds. The largest absolute Gasteiger partial charge is 0.478 e. The van der Waals surface area contributed by atoms with Gasteiger partial charge in [-0.25, -0.2) is 4.79 Å². The fraction of sp³-hybridized carbons (Fsp3) is 0.167. The van der Waals surface area contributed by atoms with Crippen LogP contribution in [0.2, 0.25) is 5.02 Å². The summed E-state index contributed by atoms with van der Waals surface area (Å²) in [5.41, 5.74) is -0.555. The molecular formula is C18H12ClF3N2O3. The molecule has 0 spiro atoms. The molecule has 0 saturated carbocycles. The fourth-order valence-corrected chi connectivity index (χ4v) is 3.17. The number of aromatic carboxylic acids is 1. The molecule has 0 aliphatic rings. The number of benzene rings is 2. The van der Waals surface area contributed by atoms with Crippen LogP contribution in [0.25, 0.3) is 10.9 Å². The van der Waals surface area contributed by atoms with Gasteiger partial charge >= 0.3 is 12.1 Å². The molecule has 5 nitrogen and oxygen atoms in total. The van der Waals surface area contributed by atoms with E-state index in [9.17, 15) is 22.8 Å². The first-order valence-corrected chi connectivity index (χ1v) is 8.04. The molecule has 0 bridgehead atoms. The van der Waals surface area contributed by atoms with Gasteiger partial charge in [0.05, 0.1) is 32.9 Å². The summed E-state index contributed by atoms with van der Waals surface area (Å²) in [5.74, 6) is -2.04. The van der Waals surface area contributed by atoms with Crippen molar-refractivity contribution in [2.75, 3.05) is 0 Å². The molecule has 140 valence electrons. The number of hydrogen-bond acceptors (Lipinski definition) is 3. The van der Waals surface area contributed by atoms with Crippen LogP contribution in [0.4, 0.5) is 13.2 Å². The predicted octanol–water partition coefficient (Wildman–Crippen LogP) is 4.71. The number of halogens is 4. The molecule has 9 heteroatoms. The van der Waals surface area contributed by atoms with Crippen molar-refractivity contribution in [1.29, 1.82) is 0 Å². The summed E-state index contributed by atoms with van der Waals surface area (Å²) in [6.07, 6.45) is -4.53. The highest BCUT2D eigenvalue weighted by molar-refractivity contribution is 6.36. The molecule has 3 rings (SSSR count). The van der Waals surface area contributed by atoms with E-state index in [2.05, 4.69) is 5.10 Å². The highest BCUT2D eigenvalue weighted by Gasteiger charge is 2.32. The monoisotopic (exact) mass is 396 g/mol. The van der Waals surface area contributed by atoms with E-state index in [0.717, 1.165) is 16.8 Å². The molecule has 0 aliphatic carbocycles. The summed E-state index contributed by atoms with van der Waals surface area (Å²) in [6, 6.07) is 5.80. The highest BCUT2D eigenvalue weighted by atomic mass is 35.5. The molecular weight excluding hydrogens is 385 g/mol. The third-order valence-corrected chi connectivity index (χ3v) is 4.54. The second-order valence-corrected chi connectivity index (χ2v) is 6.34. The van der Waals surface area contributed by atoms with Crippen LogP contribution >= 0.6 is 11.6 Å². The Kier molecular flexibility index (Phi) is 4.47. The number of carboxylic acid groups (broad SMARTS) is 1. The maximum atomic E-state index is 13.1. The molecule has 0 radical (unpaired) electrons. The summed E-state index contributed by atoms with van der Waals surface area (Å²) < 4.78 is 40.1. The van der Waals surface area contributed by atoms with E-state index in [1.807, 2.05) is 0 Å². The third-order valence-electron chi connectivity index (χ3n) is 4.13. The van der Waals surface area contributed by atoms with Crippen LogP contribution < -0.4 is 0 Å². The fourth-order valence-electron chi connectivity index (χ4n) is 2.88. The van der Waals surface area contributed by atoms with E-state index in [1.54, 1.807) is 0 Å². The zero-order valence-electron chi connectivity index (χ0n) is 14.1. The zero-order chi connectivity index (χ0) is 20.1. The van der Waals surface area contributed by atoms with Crippen LogP contribution in [0.3, 0.4) is 0 Å². The van der Waals surface area contributed by atoms with E-state index in [4.69, 9.17) is 16.7 Å². The summed E-state index contributed by atoms with van der Waals surface area (Å²) >= 11 is 6.04. The van der Waals surface area contributed by atoms with Gasteiger partial charge < -0.3 is 5.11 Å². The number of rotatable bonds is 2. The van der Waals surface area contributed by atoms with Crippen molar-refractivity contribution < 1.29 is 27.9 Å². The first-order chi connectivity index (χ1) is 12.5. The van der Waals surface area contributed by atoms with Crippen molar-refractivity contribution in [3.8, 4) is 0 Å². The Labute approximate surface area is 156 Å². The SMILES string of the molecule is Cc1nn(C(=O)c2cccc(C(=O)O)c2Cl)c2c(C)cc(C(F)(F)F)cc12. The van der Waals surface area contributed by atoms with Crippen LogP contribution in [0, 0.1) is 13.8 Å². The normalized spacial score (nSPS) is 11.8. The number of aryl methyl sites for hydroxylation is 2. The second-order valence-electron chi connectivity index (χ2n) is 5.96. The first-order valence-electron chi connectivity index (χ1n) is 7.66. The van der Waals surface area contributed by atoms with E-state index >= 15 is 0 Å². The molecule has 2 aromatic carbocycles. The number of aromatic nitrogens is 2. The van der Waals surface area contributed by atoms with E-state index in [0.29, 0.717) is 0 Å². The Morgan fingerprint density at radius 3 is 2.37 bits per heavy atom. The molecule has 1 N–H and O–H groups in total. The Hall–Kier alpha value is -2.87. The summed E-state index contributed by atoms with van der Waals surface area (Å²) in [7, 11) is 0. The minimum absolute atomic E-state index is 0.111. The quantitative estimate of drug-likeness (QED) is 0.680. The molecule has 0 saturated heterocycles. The van der Waals surface area contributed by atoms with Crippen LogP contribution in [-0.2, 0) is 6.18 Å². The topological polar surface area (TPSA) is 72.2 Å². The van der Waals surface area contributed by atoms with Crippen molar-refractivity contribution in [2.45, 2.75) is 20.0 Å². The molecule has 1 aromatic heterocycles. The molecule has 1 heterocycles. The molecule has 0 unspecified atom stereocenters. The lowest BCUT2D eigenvalue weighted by molar-refractivity contribution is -0.137. The maximum Gasteiger partial charge on any atom is 0.416 e. The van der Waals surface area contributed by atoms with E-state index in [-0.39, 0.29) is 38.3 Å². The number of hydrogen-bond donors (Lipinski definition) is 1. The lowest BCUT2D eigenvalue weighted by atomic mass is 10.1. The van der Waals surface area contributed by atoms with Gasteiger partial charge in [-0.2, -0.15) is 23.0 Å². The summed E-state index contributed by atoms with van der Waals surface area (Å²) in [6.45, 7) is 2.93. The first kappa shape index (κ1) is 18.9. The van der Waals surface area contributed by atoms with Crippen molar-refractivity contribution in [2.24, 2.45) is 0 Å². The average molecular weight is 397 g/mol. The summed E-state index contributed by atoms with van der Waals surface area (Å²) in [5, 5.41) is 13.1. The van der Waals surface area contributed by atoms with Gasteiger partial charge in [0, 0.05) is 5.39 Å². The Bertz CT molecular complexity index is 1100. The van der Waals surface area contributed by atoms with Gasteiger partial charge in [-0.1, -0.05) is 17.7 Å². The van der Waals surface area contributed by atoms with Crippen molar-refractivity contribution in [3.05, 3.63) is 63.3 Å². The minimum Gasteiger partial charge on any atom is -0.478 e. The number of nitrogens with zero attached hydrogens (tertiary/aromatic N) is 2. The standard InChI is InChI=1S/C18H12ClF3N2O3/c1-8-6-10(18(20,21)22)7-13-9(2)23-24(15(8)13)16(25)11-4-3-5-12(14(11)19)17(26)27/h3-7H,1-2H3,(H,26,27). The van der Waals surface area contributed by atoms with Gasteiger partial charge in [0.2, 0.25) is 0 Å². The lowest BCUT2D eigenvalue weighted by Gasteiger charge is -2.10. The third kappa shape index (κ3) is 3.16. The van der Waals surface area contributed by atoms with Gasteiger partial charge in [-0.05, 0) is 43.7 Å². The highest BCUT2D eigenvalue weighted by Crippen LogP contribution is 2.34. The van der Waals surface area contributed by atoms with Gasteiger partial charge in [0.25, 0.3) is 5.91 Å². The number of fused-ring (bicyclic) bond motifs is 1. The van der Waals surface area contributed by atoms with Crippen LogP contribution in [0.5, 0.6) is 0 Å². The van der Waals surface area contributed by atoms with Crippen LogP contribution in [0.1, 0.15) is 37.5 Å². The second kappa shape index (κ2) is 6.38. The Balaban J connectivity index is 2.23. The number of carbonyl (C=O) groups excluding carboxylic acids is 1. The Morgan fingerprint density at radius 2 is 1.78 bits per heavy atom. The van der Waals surface area contributed by atoms with Crippen LogP contribution in [0.15, 0.2) is 30.3 Å². The van der Waals surface area contributed by atoms with E-state index < -0.39 is 23.6 Å². The molecule has 0 aliphatic heterocycles. The number of carboxylic acids is 1. The minimum atomic E-state index is -4.53. The number of alkyl halides is 3. The molecule has 0 fully saturated rings. The van der Waals surface area contributed by atoms with Gasteiger partial charge in [-0.3, -0.25) is 4.79 Å².